The van der Waals surface area contributed by atoms with E-state index >= 15 is 0 Å². The van der Waals surface area contributed by atoms with Gasteiger partial charge in [0.25, 0.3) is 0 Å². The first-order valence-electron chi connectivity index (χ1n) is 7.49. The number of amides is 1. The molecule has 0 aromatic carbocycles. The lowest BCUT2D eigenvalue weighted by Crippen LogP contribution is -2.16. The van der Waals surface area contributed by atoms with E-state index < -0.39 is 0 Å². The Morgan fingerprint density at radius 3 is 2.81 bits per heavy atom. The molecule has 1 aliphatic rings. The summed E-state index contributed by atoms with van der Waals surface area (Å²) in [5.41, 5.74) is 7.05. The molecule has 6 heteroatoms. The second kappa shape index (κ2) is 7.56. The molecule has 0 unspecified atom stereocenters. The normalized spacial score (nSPS) is 13.6. The fourth-order valence-electron chi connectivity index (χ4n) is 2.52. The number of carbonyl (C=O) groups is 2. The largest absolute Gasteiger partial charge is 0.462 e. The Kier molecular flexibility index (Phi) is 5.76. The Hall–Kier alpha value is -1.40. The molecule has 0 saturated carbocycles. The summed E-state index contributed by atoms with van der Waals surface area (Å²) in [7, 11) is 0. The Labute approximate surface area is 128 Å². The molecule has 21 heavy (non-hydrogen) atoms. The molecule has 0 radical (unpaired) electrons. The standard InChI is InChI=1S/C15H22N2O3S/c1-2-20-15(19)13-10-6-3-4-7-11(10)21-14(13)17-12(18)8-5-9-16/h2-9,16H2,1H3,(H,17,18). The molecule has 0 bridgehead atoms. The molecule has 1 aromatic rings. The van der Waals surface area contributed by atoms with Crippen molar-refractivity contribution in [2.45, 2.75) is 45.4 Å². The molecule has 0 atom stereocenters. The fourth-order valence-corrected chi connectivity index (χ4v) is 3.82. The third kappa shape index (κ3) is 3.83. The topological polar surface area (TPSA) is 81.4 Å². The van der Waals surface area contributed by atoms with Crippen LogP contribution >= 0.6 is 11.3 Å². The van der Waals surface area contributed by atoms with E-state index in [-0.39, 0.29) is 11.9 Å². The summed E-state index contributed by atoms with van der Waals surface area (Å²) >= 11 is 1.51. The molecule has 2 rings (SSSR count). The van der Waals surface area contributed by atoms with Crippen LogP contribution in [0.1, 0.15) is 53.4 Å². The van der Waals surface area contributed by atoms with Gasteiger partial charge in [-0.05, 0) is 51.1 Å². The van der Waals surface area contributed by atoms with Gasteiger partial charge in [-0.3, -0.25) is 4.79 Å². The maximum atomic E-state index is 12.2. The quantitative estimate of drug-likeness (QED) is 0.791. The van der Waals surface area contributed by atoms with Crippen LogP contribution in [0.3, 0.4) is 0 Å². The van der Waals surface area contributed by atoms with Crippen molar-refractivity contribution in [3.63, 3.8) is 0 Å². The summed E-state index contributed by atoms with van der Waals surface area (Å²) in [6, 6.07) is 0. The number of hydrogen-bond donors (Lipinski definition) is 2. The number of fused-ring (bicyclic) bond motifs is 1. The van der Waals surface area contributed by atoms with Crippen molar-refractivity contribution in [1.29, 1.82) is 0 Å². The van der Waals surface area contributed by atoms with Crippen LogP contribution in [0.15, 0.2) is 0 Å². The summed E-state index contributed by atoms with van der Waals surface area (Å²) in [5, 5.41) is 3.51. The van der Waals surface area contributed by atoms with Gasteiger partial charge in [-0.1, -0.05) is 0 Å². The highest BCUT2D eigenvalue weighted by Crippen LogP contribution is 2.38. The van der Waals surface area contributed by atoms with E-state index in [0.29, 0.717) is 36.6 Å². The van der Waals surface area contributed by atoms with Crippen molar-refractivity contribution < 1.29 is 14.3 Å². The van der Waals surface area contributed by atoms with E-state index in [1.54, 1.807) is 6.92 Å². The number of rotatable bonds is 6. The van der Waals surface area contributed by atoms with Crippen molar-refractivity contribution in [3.8, 4) is 0 Å². The summed E-state index contributed by atoms with van der Waals surface area (Å²) in [6.07, 6.45) is 5.10. The Morgan fingerprint density at radius 1 is 1.33 bits per heavy atom. The number of carbonyl (C=O) groups excluding carboxylic acids is 2. The van der Waals surface area contributed by atoms with Gasteiger partial charge in [0.1, 0.15) is 5.00 Å². The predicted molar refractivity (Wildman–Crippen MR) is 83.8 cm³/mol. The van der Waals surface area contributed by atoms with Crippen LogP contribution in [0.25, 0.3) is 0 Å². The lowest BCUT2D eigenvalue weighted by atomic mass is 9.95. The lowest BCUT2D eigenvalue weighted by molar-refractivity contribution is -0.116. The number of thiophene rings is 1. The zero-order chi connectivity index (χ0) is 15.2. The number of ether oxygens (including phenoxy) is 1. The summed E-state index contributed by atoms with van der Waals surface area (Å²) < 4.78 is 5.15. The van der Waals surface area contributed by atoms with Gasteiger partial charge in [-0.25, -0.2) is 4.79 Å². The van der Waals surface area contributed by atoms with Crippen LogP contribution in [-0.2, 0) is 22.4 Å². The molecular formula is C15H22N2O3S. The molecule has 0 saturated heterocycles. The highest BCUT2D eigenvalue weighted by atomic mass is 32.1. The average molecular weight is 310 g/mol. The van der Waals surface area contributed by atoms with E-state index in [9.17, 15) is 9.59 Å². The lowest BCUT2D eigenvalue weighted by Gasteiger charge is -2.12. The molecule has 1 heterocycles. The van der Waals surface area contributed by atoms with Crippen molar-refractivity contribution in [2.75, 3.05) is 18.5 Å². The minimum absolute atomic E-state index is 0.0930. The molecule has 1 aliphatic carbocycles. The fraction of sp³-hybridized carbons (Fsp3) is 0.600. The van der Waals surface area contributed by atoms with Gasteiger partial charge < -0.3 is 15.8 Å². The predicted octanol–water partition coefficient (Wildman–Crippen LogP) is 2.48. The molecule has 116 valence electrons. The van der Waals surface area contributed by atoms with Gasteiger partial charge in [0.15, 0.2) is 0 Å². The summed E-state index contributed by atoms with van der Waals surface area (Å²) in [4.78, 5) is 25.3. The van der Waals surface area contributed by atoms with E-state index in [1.165, 1.54) is 16.2 Å². The summed E-state index contributed by atoms with van der Waals surface area (Å²) in [5.74, 6) is -0.421. The van der Waals surface area contributed by atoms with Crippen molar-refractivity contribution in [3.05, 3.63) is 16.0 Å². The Morgan fingerprint density at radius 2 is 2.10 bits per heavy atom. The van der Waals surface area contributed by atoms with Crippen LogP contribution < -0.4 is 11.1 Å². The van der Waals surface area contributed by atoms with Gasteiger partial charge in [-0.2, -0.15) is 0 Å². The van der Waals surface area contributed by atoms with Crippen molar-refractivity contribution >= 4 is 28.2 Å². The number of nitrogens with two attached hydrogens (primary N) is 1. The van der Waals surface area contributed by atoms with Gasteiger partial charge in [0.2, 0.25) is 5.91 Å². The molecule has 1 aromatic heterocycles. The smallest absolute Gasteiger partial charge is 0.341 e. The van der Waals surface area contributed by atoms with Crippen LogP contribution in [-0.4, -0.2) is 25.0 Å². The maximum absolute atomic E-state index is 12.2. The zero-order valence-electron chi connectivity index (χ0n) is 12.4. The van der Waals surface area contributed by atoms with Gasteiger partial charge in [0, 0.05) is 11.3 Å². The summed E-state index contributed by atoms with van der Waals surface area (Å²) in [6.45, 7) is 2.61. The number of hydrogen-bond acceptors (Lipinski definition) is 5. The minimum Gasteiger partial charge on any atom is -0.462 e. The first-order chi connectivity index (χ1) is 10.2. The number of aryl methyl sites for hydroxylation is 1. The highest BCUT2D eigenvalue weighted by Gasteiger charge is 2.27. The molecule has 3 N–H and O–H groups in total. The molecule has 0 fully saturated rings. The Balaban J connectivity index is 2.24. The zero-order valence-corrected chi connectivity index (χ0v) is 13.2. The highest BCUT2D eigenvalue weighted by molar-refractivity contribution is 7.17. The van der Waals surface area contributed by atoms with E-state index in [0.717, 1.165) is 31.2 Å². The van der Waals surface area contributed by atoms with Crippen molar-refractivity contribution in [2.24, 2.45) is 5.73 Å². The SMILES string of the molecule is CCOC(=O)c1c(NC(=O)CCCN)sc2c1CCCC2. The molecule has 1 amide bonds. The monoisotopic (exact) mass is 310 g/mol. The number of esters is 1. The van der Waals surface area contributed by atoms with Crippen molar-refractivity contribution in [1.82, 2.24) is 0 Å². The second-order valence-electron chi connectivity index (χ2n) is 5.08. The van der Waals surface area contributed by atoms with E-state index in [1.807, 2.05) is 0 Å². The minimum atomic E-state index is -0.328. The van der Waals surface area contributed by atoms with Crippen LogP contribution in [0.2, 0.25) is 0 Å². The van der Waals surface area contributed by atoms with Gasteiger partial charge in [-0.15, -0.1) is 11.3 Å². The van der Waals surface area contributed by atoms with Gasteiger partial charge >= 0.3 is 5.97 Å². The molecule has 0 aliphatic heterocycles. The molecule has 5 nitrogen and oxygen atoms in total. The van der Waals surface area contributed by atoms with E-state index in [4.69, 9.17) is 10.5 Å². The number of nitrogens with one attached hydrogen (secondary N) is 1. The van der Waals surface area contributed by atoms with E-state index in [2.05, 4.69) is 5.32 Å². The third-order valence-corrected chi connectivity index (χ3v) is 4.72. The maximum Gasteiger partial charge on any atom is 0.341 e. The molecule has 0 spiro atoms. The second-order valence-corrected chi connectivity index (χ2v) is 6.18. The van der Waals surface area contributed by atoms with Gasteiger partial charge in [0.05, 0.1) is 12.2 Å². The third-order valence-electron chi connectivity index (χ3n) is 3.51. The molecular weight excluding hydrogens is 288 g/mol. The van der Waals surface area contributed by atoms with Crippen LogP contribution in [0, 0.1) is 0 Å². The Bertz CT molecular complexity index is 525. The first kappa shape index (κ1) is 16.0. The average Bonchev–Trinajstić information content (AvgIpc) is 2.83. The number of anilines is 1. The first-order valence-corrected chi connectivity index (χ1v) is 8.30. The van der Waals surface area contributed by atoms with Crippen LogP contribution in [0.4, 0.5) is 5.00 Å². The van der Waals surface area contributed by atoms with Crippen LogP contribution in [0.5, 0.6) is 0 Å².